The molecule has 0 amide bonds. The fourth-order valence-electron chi connectivity index (χ4n) is 4.00. The molecule has 0 aliphatic rings. The van der Waals surface area contributed by atoms with Gasteiger partial charge in [-0.3, -0.25) is 0 Å². The third kappa shape index (κ3) is 4.93. The fourth-order valence-corrected chi connectivity index (χ4v) is 7.63. The maximum absolute atomic E-state index is 13.0. The van der Waals surface area contributed by atoms with Crippen LogP contribution in [0, 0.1) is 0 Å². The summed E-state index contributed by atoms with van der Waals surface area (Å²) in [6, 6.07) is 19.3. The van der Waals surface area contributed by atoms with Gasteiger partial charge in [0.05, 0.1) is 0 Å². The molecule has 12 heteroatoms. The Labute approximate surface area is 211 Å². The highest BCUT2D eigenvalue weighted by molar-refractivity contribution is 7.93. The van der Waals surface area contributed by atoms with Crippen molar-refractivity contribution in [1.29, 1.82) is 0 Å². The summed E-state index contributed by atoms with van der Waals surface area (Å²) >= 11 is 0. The van der Waals surface area contributed by atoms with E-state index < -0.39 is 28.5 Å². The van der Waals surface area contributed by atoms with Crippen LogP contribution in [0.3, 0.4) is 0 Å². The normalized spacial score (nSPS) is 12.1. The topological polar surface area (TPSA) is 110 Å². The van der Waals surface area contributed by atoms with Crippen LogP contribution in [0.2, 0.25) is 0 Å². The van der Waals surface area contributed by atoms with E-state index in [9.17, 15) is 21.4 Å². The summed E-state index contributed by atoms with van der Waals surface area (Å²) < 4.78 is 74.0. The SMILES string of the molecule is CN(C)c1cccc2c(S(=O)(=O)O[P+](=O)OS(=O)(=O)c3cccc4c(N(C)C)cccc34)cccc12. The van der Waals surface area contributed by atoms with Gasteiger partial charge in [-0.1, -0.05) is 48.5 Å². The molecule has 0 atom stereocenters. The third-order valence-electron chi connectivity index (χ3n) is 5.54. The molecule has 0 heterocycles. The van der Waals surface area contributed by atoms with E-state index in [0.29, 0.717) is 21.5 Å². The van der Waals surface area contributed by atoms with Crippen molar-refractivity contribution < 1.29 is 29.3 Å². The second-order valence-electron chi connectivity index (χ2n) is 8.33. The molecule has 0 fully saturated rings. The van der Waals surface area contributed by atoms with Crippen LogP contribution in [0.5, 0.6) is 0 Å². The average molecular weight is 548 g/mol. The first-order valence-electron chi connectivity index (χ1n) is 10.7. The van der Waals surface area contributed by atoms with Crippen molar-refractivity contribution in [2.45, 2.75) is 9.79 Å². The van der Waals surface area contributed by atoms with Gasteiger partial charge < -0.3 is 9.80 Å². The van der Waals surface area contributed by atoms with Crippen molar-refractivity contribution in [2.24, 2.45) is 0 Å². The van der Waals surface area contributed by atoms with Gasteiger partial charge in [-0.25, -0.2) is 0 Å². The number of anilines is 2. The van der Waals surface area contributed by atoms with E-state index >= 15 is 0 Å². The van der Waals surface area contributed by atoms with Gasteiger partial charge in [0.25, 0.3) is 0 Å². The van der Waals surface area contributed by atoms with E-state index in [-0.39, 0.29) is 9.79 Å². The summed E-state index contributed by atoms with van der Waals surface area (Å²) in [5.41, 5.74) is 1.53. The first-order chi connectivity index (χ1) is 16.9. The Morgan fingerprint density at radius 2 is 0.889 bits per heavy atom. The smallest absolute Gasteiger partial charge is 0.377 e. The summed E-state index contributed by atoms with van der Waals surface area (Å²) in [4.78, 5) is 3.13. The van der Waals surface area contributed by atoms with E-state index in [2.05, 4.69) is 0 Å². The predicted octanol–water partition coefficient (Wildman–Crippen LogP) is 4.89. The molecular weight excluding hydrogens is 523 g/mol. The Morgan fingerprint density at radius 3 is 1.25 bits per heavy atom. The molecular formula is C24H24N2O7PS2+. The van der Waals surface area contributed by atoms with Gasteiger partial charge in [0.15, 0.2) is 0 Å². The first-order valence-corrected chi connectivity index (χ1v) is 14.6. The summed E-state index contributed by atoms with van der Waals surface area (Å²) in [6.45, 7) is 0. The van der Waals surface area contributed by atoms with Crippen LogP contribution in [-0.2, 0) is 32.7 Å². The molecule has 0 spiro atoms. The highest BCUT2D eigenvalue weighted by Gasteiger charge is 2.40. The Hall–Kier alpha value is -3.08. The lowest BCUT2D eigenvalue weighted by Gasteiger charge is -2.16. The maximum Gasteiger partial charge on any atom is 0.732 e. The number of benzene rings is 4. The van der Waals surface area contributed by atoms with Gasteiger partial charge in [-0.15, -0.1) is 0 Å². The van der Waals surface area contributed by atoms with Gasteiger partial charge in [0.2, 0.25) is 0 Å². The highest BCUT2D eigenvalue weighted by Crippen LogP contribution is 2.39. The predicted molar refractivity (Wildman–Crippen MR) is 141 cm³/mol. The fraction of sp³-hybridized carbons (Fsp3) is 0.167. The number of hydrogen-bond acceptors (Lipinski definition) is 9. The van der Waals surface area contributed by atoms with Gasteiger partial charge >= 0.3 is 28.5 Å². The lowest BCUT2D eigenvalue weighted by Crippen LogP contribution is -2.10. The van der Waals surface area contributed by atoms with E-state index in [1.807, 2.05) is 50.1 Å². The minimum absolute atomic E-state index is 0.256. The molecule has 0 aliphatic heterocycles. The van der Waals surface area contributed by atoms with Gasteiger partial charge in [-0.05, 0) is 24.3 Å². The first kappa shape index (κ1) is 26.0. The van der Waals surface area contributed by atoms with E-state index in [1.165, 1.54) is 24.3 Å². The van der Waals surface area contributed by atoms with Crippen molar-refractivity contribution in [3.63, 3.8) is 0 Å². The highest BCUT2D eigenvalue weighted by atomic mass is 32.2. The molecule has 0 radical (unpaired) electrons. The quantitative estimate of drug-likeness (QED) is 0.285. The second kappa shape index (κ2) is 9.76. The largest absolute Gasteiger partial charge is 0.732 e. The molecule has 0 saturated carbocycles. The minimum Gasteiger partial charge on any atom is -0.377 e. The zero-order valence-electron chi connectivity index (χ0n) is 19.9. The van der Waals surface area contributed by atoms with Crippen molar-refractivity contribution in [3.05, 3.63) is 72.8 Å². The summed E-state index contributed by atoms with van der Waals surface area (Å²) in [5, 5.41) is 1.92. The lowest BCUT2D eigenvalue weighted by molar-refractivity contribution is 0.405. The summed E-state index contributed by atoms with van der Waals surface area (Å²) in [7, 11) is -5.62. The molecule has 36 heavy (non-hydrogen) atoms. The molecule has 188 valence electrons. The van der Waals surface area contributed by atoms with E-state index in [4.69, 9.17) is 7.94 Å². The monoisotopic (exact) mass is 547 g/mol. The zero-order valence-corrected chi connectivity index (χ0v) is 22.5. The van der Waals surface area contributed by atoms with Crippen LogP contribution in [0.4, 0.5) is 11.4 Å². The van der Waals surface area contributed by atoms with Crippen LogP contribution in [0.25, 0.3) is 21.5 Å². The van der Waals surface area contributed by atoms with Crippen LogP contribution in [-0.4, -0.2) is 45.0 Å². The molecule has 0 aliphatic carbocycles. The molecule has 4 aromatic rings. The van der Waals surface area contributed by atoms with Crippen LogP contribution in [0.1, 0.15) is 0 Å². The Bertz CT molecular complexity index is 1580. The molecule has 0 aromatic heterocycles. The summed E-state index contributed by atoms with van der Waals surface area (Å²) in [6.07, 6.45) is 0. The minimum atomic E-state index is -4.64. The van der Waals surface area contributed by atoms with Gasteiger partial charge in [0.1, 0.15) is 9.79 Å². The molecule has 4 rings (SSSR count). The van der Waals surface area contributed by atoms with Crippen molar-refractivity contribution in [2.75, 3.05) is 38.0 Å². The molecule has 0 N–H and O–H groups in total. The van der Waals surface area contributed by atoms with Crippen LogP contribution in [0.15, 0.2) is 82.6 Å². The zero-order chi connectivity index (χ0) is 26.3. The van der Waals surface area contributed by atoms with Crippen LogP contribution >= 0.6 is 8.25 Å². The number of fused-ring (bicyclic) bond motifs is 2. The van der Waals surface area contributed by atoms with Crippen LogP contribution < -0.4 is 9.80 Å². The van der Waals surface area contributed by atoms with Crippen molar-refractivity contribution >= 4 is 61.4 Å². The average Bonchev–Trinajstić information content (AvgIpc) is 2.81. The van der Waals surface area contributed by atoms with Crippen molar-refractivity contribution in [3.8, 4) is 0 Å². The number of rotatable bonds is 8. The molecule has 0 saturated heterocycles. The summed E-state index contributed by atoms with van der Waals surface area (Å²) in [5.74, 6) is 0. The second-order valence-corrected chi connectivity index (χ2v) is 12.7. The van der Waals surface area contributed by atoms with Gasteiger partial charge in [0, 0.05) is 73.6 Å². The lowest BCUT2D eigenvalue weighted by atomic mass is 10.1. The molecule has 4 aromatic carbocycles. The molecule has 0 unspecified atom stereocenters. The molecule has 0 bridgehead atoms. The Kier molecular flexibility index (Phi) is 7.05. The van der Waals surface area contributed by atoms with Crippen molar-refractivity contribution in [1.82, 2.24) is 0 Å². The van der Waals surface area contributed by atoms with E-state index in [1.54, 1.807) is 36.4 Å². The third-order valence-corrected chi connectivity index (χ3v) is 9.87. The number of nitrogens with zero attached hydrogens (tertiary/aromatic N) is 2. The Balaban J connectivity index is 1.67. The van der Waals surface area contributed by atoms with E-state index in [0.717, 1.165) is 11.4 Å². The standard InChI is InChI=1S/C24H24N2O7PS2/c1-25(2)21-13-5-11-19-17(21)9-7-15-23(19)35(28,29)32-34(27)33-36(30,31)24-16-8-10-18-20(24)12-6-14-22(18)26(3)4/h5-16H,1-4H3/q+1. The Morgan fingerprint density at radius 1 is 0.556 bits per heavy atom. The molecule has 9 nitrogen and oxygen atoms in total. The maximum atomic E-state index is 13.0. The number of hydrogen-bond donors (Lipinski definition) is 0. The van der Waals surface area contributed by atoms with Gasteiger partial charge in [-0.2, -0.15) is 16.8 Å².